The van der Waals surface area contributed by atoms with Gasteiger partial charge < -0.3 is 9.47 Å². The third-order valence-electron chi connectivity index (χ3n) is 5.65. The number of hydrogen-bond donors (Lipinski definition) is 0. The van der Waals surface area contributed by atoms with Crippen molar-refractivity contribution < 1.29 is 32.2 Å². The zero-order chi connectivity index (χ0) is 25.0. The van der Waals surface area contributed by atoms with Crippen LogP contribution in [0.5, 0.6) is 0 Å². The number of carbonyl (C=O) groups is 2. The van der Waals surface area contributed by atoms with E-state index >= 15 is 0 Å². The van der Waals surface area contributed by atoms with E-state index in [9.17, 15) is 22.8 Å². The van der Waals surface area contributed by atoms with Crippen molar-refractivity contribution in [2.24, 2.45) is 0 Å². The number of nitrogens with zero attached hydrogens (tertiary/aromatic N) is 1. The van der Waals surface area contributed by atoms with E-state index in [0.717, 1.165) is 12.1 Å². The van der Waals surface area contributed by atoms with Gasteiger partial charge in [0.15, 0.2) is 0 Å². The molecule has 184 valence electrons. The van der Waals surface area contributed by atoms with Crippen LogP contribution in [-0.4, -0.2) is 24.7 Å². The van der Waals surface area contributed by atoms with Crippen molar-refractivity contribution in [2.45, 2.75) is 57.9 Å². The fourth-order valence-electron chi connectivity index (χ4n) is 4.14. The molecule has 3 rings (SSSR count). The quantitative estimate of drug-likeness (QED) is 0.375. The number of alkyl halides is 3. The number of benzene rings is 2. The first-order valence-electron chi connectivity index (χ1n) is 10.8. The summed E-state index contributed by atoms with van der Waals surface area (Å²) in [6.45, 7) is 3.57. The summed E-state index contributed by atoms with van der Waals surface area (Å²) in [5, 5.41) is 0.786. The van der Waals surface area contributed by atoms with Crippen molar-refractivity contribution in [3.63, 3.8) is 0 Å². The minimum absolute atomic E-state index is 0.0760. The number of hydrogen-bond acceptors (Lipinski definition) is 4. The molecular weight excluding hydrogens is 494 g/mol. The van der Waals surface area contributed by atoms with Gasteiger partial charge in [-0.2, -0.15) is 13.2 Å². The Morgan fingerprint density at radius 1 is 1.06 bits per heavy atom. The highest BCUT2D eigenvalue weighted by molar-refractivity contribution is 6.34. The van der Waals surface area contributed by atoms with E-state index in [1.54, 1.807) is 25.1 Å². The molecule has 1 amide bonds. The van der Waals surface area contributed by atoms with E-state index in [2.05, 4.69) is 0 Å². The van der Waals surface area contributed by atoms with Gasteiger partial charge >= 0.3 is 18.2 Å². The van der Waals surface area contributed by atoms with Crippen LogP contribution in [0.4, 0.5) is 23.7 Å². The van der Waals surface area contributed by atoms with Gasteiger partial charge in [0, 0.05) is 16.1 Å². The highest BCUT2D eigenvalue weighted by atomic mass is 35.5. The fourth-order valence-corrected chi connectivity index (χ4v) is 4.71. The SMILES string of the molecule is CCOC(=O)N1c2ccc(C(F)(F)F)cc2[C@@H](CC(=O)OCc2cc(Cl)cc(Cl)c2)C[C@H]1CC. The second kappa shape index (κ2) is 10.9. The Balaban J connectivity index is 1.88. The molecule has 1 aliphatic heterocycles. The van der Waals surface area contributed by atoms with Crippen molar-refractivity contribution in [1.82, 2.24) is 0 Å². The zero-order valence-electron chi connectivity index (χ0n) is 18.6. The van der Waals surface area contributed by atoms with Crippen LogP contribution in [-0.2, 0) is 27.1 Å². The summed E-state index contributed by atoms with van der Waals surface area (Å²) in [7, 11) is 0. The van der Waals surface area contributed by atoms with E-state index in [4.69, 9.17) is 32.7 Å². The molecule has 2 aromatic carbocycles. The van der Waals surface area contributed by atoms with Crippen LogP contribution in [0.3, 0.4) is 0 Å². The number of esters is 1. The van der Waals surface area contributed by atoms with E-state index < -0.39 is 29.7 Å². The highest BCUT2D eigenvalue weighted by Crippen LogP contribution is 2.44. The summed E-state index contributed by atoms with van der Waals surface area (Å²) < 4.78 is 50.8. The zero-order valence-corrected chi connectivity index (χ0v) is 20.1. The normalized spacial score (nSPS) is 17.8. The standard InChI is InChI=1S/C24H24Cl2F3NO4/c1-3-19-9-15(10-22(31)34-13-14-7-17(25)12-18(26)8-14)20-11-16(24(27,28)29)5-6-21(20)30(19)23(32)33-4-2/h5-8,11-12,15,19H,3-4,9-10,13H2,1-2H3/t15-,19-/m1/s1. The van der Waals surface area contributed by atoms with Gasteiger partial charge in [-0.15, -0.1) is 0 Å². The van der Waals surface area contributed by atoms with Crippen LogP contribution in [0.15, 0.2) is 36.4 Å². The van der Waals surface area contributed by atoms with Crippen molar-refractivity contribution in [1.29, 1.82) is 0 Å². The molecule has 1 heterocycles. The smallest absolute Gasteiger partial charge is 0.416 e. The Hall–Kier alpha value is -2.45. The lowest BCUT2D eigenvalue weighted by atomic mass is 9.82. The molecule has 0 bridgehead atoms. The molecule has 0 radical (unpaired) electrons. The first-order valence-corrected chi connectivity index (χ1v) is 11.6. The second-order valence-electron chi connectivity index (χ2n) is 7.98. The third-order valence-corrected chi connectivity index (χ3v) is 6.08. The lowest BCUT2D eigenvalue weighted by Crippen LogP contribution is -2.45. The van der Waals surface area contributed by atoms with Crippen LogP contribution in [0.2, 0.25) is 10.0 Å². The topological polar surface area (TPSA) is 55.8 Å². The molecule has 0 unspecified atom stereocenters. The third kappa shape index (κ3) is 6.16. The Kier molecular flexibility index (Phi) is 8.36. The van der Waals surface area contributed by atoms with Crippen LogP contribution < -0.4 is 4.90 Å². The van der Waals surface area contributed by atoms with Gasteiger partial charge in [0.05, 0.1) is 24.3 Å². The van der Waals surface area contributed by atoms with Gasteiger partial charge in [-0.25, -0.2) is 4.79 Å². The summed E-state index contributed by atoms with van der Waals surface area (Å²) in [6.07, 6.45) is -4.51. The van der Waals surface area contributed by atoms with Crippen LogP contribution >= 0.6 is 23.2 Å². The lowest BCUT2D eigenvalue weighted by molar-refractivity contribution is -0.145. The largest absolute Gasteiger partial charge is 0.461 e. The fraction of sp³-hybridized carbons (Fsp3) is 0.417. The molecule has 0 aliphatic carbocycles. The maximum absolute atomic E-state index is 13.4. The minimum atomic E-state index is -4.57. The van der Waals surface area contributed by atoms with Crippen molar-refractivity contribution in [2.75, 3.05) is 11.5 Å². The molecule has 2 aromatic rings. The van der Waals surface area contributed by atoms with E-state index in [1.807, 2.05) is 6.92 Å². The first kappa shape index (κ1) is 26.2. The Morgan fingerprint density at radius 2 is 1.74 bits per heavy atom. The van der Waals surface area contributed by atoms with Gasteiger partial charge in [0.25, 0.3) is 0 Å². The molecular formula is C24H24Cl2F3NO4. The van der Waals surface area contributed by atoms with Gasteiger partial charge in [-0.05, 0) is 73.2 Å². The maximum atomic E-state index is 13.4. The van der Waals surface area contributed by atoms with Crippen molar-refractivity contribution in [3.8, 4) is 0 Å². The number of amides is 1. The average Bonchev–Trinajstić information content (AvgIpc) is 2.76. The molecule has 0 fully saturated rings. The number of rotatable bonds is 6. The molecule has 0 N–H and O–H groups in total. The summed E-state index contributed by atoms with van der Waals surface area (Å²) in [4.78, 5) is 26.7. The summed E-state index contributed by atoms with van der Waals surface area (Å²) >= 11 is 11.9. The monoisotopic (exact) mass is 517 g/mol. The minimum Gasteiger partial charge on any atom is -0.461 e. The number of anilines is 1. The second-order valence-corrected chi connectivity index (χ2v) is 8.85. The molecule has 0 spiro atoms. The maximum Gasteiger partial charge on any atom is 0.416 e. The van der Waals surface area contributed by atoms with Gasteiger partial charge in [-0.1, -0.05) is 30.1 Å². The molecule has 0 saturated heterocycles. The Labute approximate surface area is 205 Å². The van der Waals surface area contributed by atoms with Crippen LogP contribution in [0, 0.1) is 0 Å². The van der Waals surface area contributed by atoms with Crippen molar-refractivity contribution in [3.05, 3.63) is 63.1 Å². The van der Waals surface area contributed by atoms with E-state index in [1.165, 1.54) is 11.0 Å². The van der Waals surface area contributed by atoms with Crippen LogP contribution in [0.25, 0.3) is 0 Å². The molecule has 34 heavy (non-hydrogen) atoms. The number of halogens is 5. The summed E-state index contributed by atoms with van der Waals surface area (Å²) in [5.41, 5.74) is 0.311. The molecule has 10 heteroatoms. The predicted molar refractivity (Wildman–Crippen MR) is 123 cm³/mol. The van der Waals surface area contributed by atoms with Gasteiger partial charge in [0.1, 0.15) is 6.61 Å². The lowest BCUT2D eigenvalue weighted by Gasteiger charge is -2.40. The number of ether oxygens (including phenoxy) is 2. The Morgan fingerprint density at radius 3 is 2.32 bits per heavy atom. The first-order chi connectivity index (χ1) is 16.0. The molecule has 0 saturated carbocycles. The van der Waals surface area contributed by atoms with Crippen LogP contribution in [0.1, 0.15) is 55.7 Å². The number of fused-ring (bicyclic) bond motifs is 1. The van der Waals surface area contributed by atoms with E-state index in [0.29, 0.717) is 34.1 Å². The Bertz CT molecular complexity index is 1040. The van der Waals surface area contributed by atoms with Gasteiger partial charge in [0.2, 0.25) is 0 Å². The summed E-state index contributed by atoms with van der Waals surface area (Å²) in [5.74, 6) is -1.15. The average molecular weight is 518 g/mol. The molecule has 5 nitrogen and oxygen atoms in total. The molecule has 1 aliphatic rings. The van der Waals surface area contributed by atoms with E-state index in [-0.39, 0.29) is 31.2 Å². The molecule has 0 aromatic heterocycles. The van der Waals surface area contributed by atoms with Gasteiger partial charge in [-0.3, -0.25) is 9.69 Å². The highest BCUT2D eigenvalue weighted by Gasteiger charge is 2.39. The number of carbonyl (C=O) groups excluding carboxylic acids is 2. The predicted octanol–water partition coefficient (Wildman–Crippen LogP) is 7.37. The summed E-state index contributed by atoms with van der Waals surface area (Å²) in [6, 6.07) is 7.62. The molecule has 2 atom stereocenters. The van der Waals surface area contributed by atoms with Crippen molar-refractivity contribution >= 4 is 41.0 Å².